The number of carbonyl (C=O) groups is 1. The quantitative estimate of drug-likeness (QED) is 0.446. The molecule has 0 saturated heterocycles. The number of rotatable bonds is 4. The number of H-pyrrole nitrogens is 1. The Balaban J connectivity index is 1.95. The maximum Gasteiger partial charge on any atom is 0.201 e. The van der Waals surface area contributed by atoms with Crippen LogP contribution in [0.1, 0.15) is 26.3 Å². The number of hydrogen-bond acceptors (Lipinski definition) is 4. The highest BCUT2D eigenvalue weighted by atomic mass is 16.3. The van der Waals surface area contributed by atoms with Gasteiger partial charge in [-0.1, -0.05) is 45.0 Å². The predicted molar refractivity (Wildman–Crippen MR) is 115 cm³/mol. The summed E-state index contributed by atoms with van der Waals surface area (Å²) < 4.78 is 1.67. The number of Topliss-reactive ketones (excluding diaryl/α,β-unsaturated/α-hetero) is 1. The van der Waals surface area contributed by atoms with Gasteiger partial charge in [-0.15, -0.1) is 4.91 Å². The molecule has 0 aliphatic heterocycles. The fourth-order valence-corrected chi connectivity index (χ4v) is 3.69. The van der Waals surface area contributed by atoms with Crippen LogP contribution in [0.3, 0.4) is 0 Å². The Morgan fingerprint density at radius 2 is 1.86 bits per heavy atom. The van der Waals surface area contributed by atoms with Gasteiger partial charge >= 0.3 is 0 Å². The zero-order valence-corrected chi connectivity index (χ0v) is 16.9. The molecule has 148 valence electrons. The fraction of sp³-hybridized carbons (Fsp3) is 0.261. The van der Waals surface area contributed by atoms with Gasteiger partial charge < -0.3 is 14.7 Å². The van der Waals surface area contributed by atoms with Gasteiger partial charge in [-0.3, -0.25) is 4.79 Å². The molecule has 6 nitrogen and oxygen atoms in total. The van der Waals surface area contributed by atoms with E-state index in [1.54, 1.807) is 11.6 Å². The summed E-state index contributed by atoms with van der Waals surface area (Å²) in [5, 5.41) is 15.6. The lowest BCUT2D eigenvalue weighted by molar-refractivity contribution is -0.125. The minimum absolute atomic E-state index is 0.0377. The number of aromatic nitrogens is 2. The topological polar surface area (TPSA) is 87.4 Å². The number of aryl methyl sites for hydroxylation is 1. The lowest BCUT2D eigenvalue weighted by Gasteiger charge is -2.16. The molecule has 0 bridgehead atoms. The number of para-hydroxylation sites is 1. The van der Waals surface area contributed by atoms with Crippen LogP contribution in [0, 0.1) is 10.3 Å². The van der Waals surface area contributed by atoms with Gasteiger partial charge in [0.25, 0.3) is 0 Å². The molecule has 6 heteroatoms. The van der Waals surface area contributed by atoms with Crippen molar-refractivity contribution in [3.63, 3.8) is 0 Å². The number of carbonyl (C=O) groups excluding carboxylic acids is 1. The van der Waals surface area contributed by atoms with Crippen molar-refractivity contribution in [2.45, 2.75) is 27.2 Å². The van der Waals surface area contributed by atoms with E-state index in [4.69, 9.17) is 0 Å². The van der Waals surface area contributed by atoms with E-state index in [2.05, 4.69) is 10.2 Å². The third-order valence-corrected chi connectivity index (χ3v) is 5.45. The summed E-state index contributed by atoms with van der Waals surface area (Å²) in [6.45, 7) is 5.71. The molecular weight excluding hydrogens is 366 g/mol. The van der Waals surface area contributed by atoms with E-state index in [-0.39, 0.29) is 17.4 Å². The van der Waals surface area contributed by atoms with Gasteiger partial charge in [0, 0.05) is 35.2 Å². The normalized spacial score (nSPS) is 12.0. The molecule has 0 unspecified atom stereocenters. The molecule has 0 aliphatic carbocycles. The number of nitroso groups, excluding NO2 is 1. The van der Waals surface area contributed by atoms with Crippen molar-refractivity contribution in [3.05, 3.63) is 52.9 Å². The molecule has 29 heavy (non-hydrogen) atoms. The van der Waals surface area contributed by atoms with Crippen LogP contribution >= 0.6 is 0 Å². The van der Waals surface area contributed by atoms with Crippen LogP contribution in [-0.2, 0) is 18.3 Å². The van der Waals surface area contributed by atoms with Gasteiger partial charge in [0.1, 0.15) is 11.5 Å². The number of nitrogens with one attached hydrogen (secondary N) is 1. The highest BCUT2D eigenvalue weighted by molar-refractivity contribution is 6.08. The van der Waals surface area contributed by atoms with E-state index < -0.39 is 5.41 Å². The second kappa shape index (κ2) is 6.58. The van der Waals surface area contributed by atoms with Crippen LogP contribution in [0.2, 0.25) is 0 Å². The third kappa shape index (κ3) is 3.01. The van der Waals surface area contributed by atoms with Crippen LogP contribution in [0.5, 0.6) is 5.88 Å². The number of ketones is 1. The van der Waals surface area contributed by atoms with Crippen molar-refractivity contribution in [1.29, 1.82) is 0 Å². The van der Waals surface area contributed by atoms with Crippen molar-refractivity contribution >= 4 is 33.3 Å². The van der Waals surface area contributed by atoms with E-state index in [9.17, 15) is 14.8 Å². The summed E-state index contributed by atoms with van der Waals surface area (Å²) in [5.41, 5.74) is 3.26. The van der Waals surface area contributed by atoms with Crippen molar-refractivity contribution in [2.75, 3.05) is 0 Å². The molecule has 4 rings (SSSR count). The minimum Gasteiger partial charge on any atom is -0.494 e. The second-order valence-electron chi connectivity index (χ2n) is 8.44. The SMILES string of the molecule is Cn1c(O)c(-c2[nH]c3ccccc3c2N=O)c2cc(CC(=O)C(C)(C)C)ccc21. The Labute approximate surface area is 168 Å². The molecule has 0 spiro atoms. The summed E-state index contributed by atoms with van der Waals surface area (Å²) in [5.74, 6) is 0.176. The van der Waals surface area contributed by atoms with Crippen molar-refractivity contribution in [3.8, 4) is 17.1 Å². The summed E-state index contributed by atoms with van der Waals surface area (Å²) in [6.07, 6.45) is 0.306. The predicted octanol–water partition coefficient (Wildman–Crippen LogP) is 5.59. The largest absolute Gasteiger partial charge is 0.494 e. The minimum atomic E-state index is -0.428. The molecule has 0 fully saturated rings. The average Bonchev–Trinajstić information content (AvgIpc) is 3.15. The average molecular weight is 389 g/mol. The molecule has 2 N–H and O–H groups in total. The maximum absolute atomic E-state index is 12.5. The summed E-state index contributed by atoms with van der Waals surface area (Å²) in [7, 11) is 1.76. The van der Waals surface area contributed by atoms with E-state index >= 15 is 0 Å². The van der Waals surface area contributed by atoms with Crippen LogP contribution in [0.25, 0.3) is 33.1 Å². The summed E-state index contributed by atoms with van der Waals surface area (Å²) in [6, 6.07) is 13.1. The lowest BCUT2D eigenvalue weighted by atomic mass is 9.87. The highest BCUT2D eigenvalue weighted by Crippen LogP contribution is 2.45. The van der Waals surface area contributed by atoms with Crippen molar-refractivity contribution in [1.82, 2.24) is 9.55 Å². The first kappa shape index (κ1) is 18.9. The lowest BCUT2D eigenvalue weighted by Crippen LogP contribution is -2.22. The van der Waals surface area contributed by atoms with Crippen LogP contribution in [-0.4, -0.2) is 20.4 Å². The Bertz CT molecular complexity index is 1270. The van der Waals surface area contributed by atoms with Gasteiger partial charge in [0.2, 0.25) is 5.88 Å². The molecule has 4 aromatic rings. The third-order valence-electron chi connectivity index (χ3n) is 5.45. The first-order valence-corrected chi connectivity index (χ1v) is 9.50. The van der Waals surface area contributed by atoms with Gasteiger partial charge in [-0.2, -0.15) is 0 Å². The molecule has 0 radical (unpaired) electrons. The van der Waals surface area contributed by atoms with E-state index in [1.165, 1.54) is 0 Å². The maximum atomic E-state index is 12.5. The number of aromatic hydroxyl groups is 1. The Morgan fingerprint density at radius 1 is 1.14 bits per heavy atom. The Kier molecular flexibility index (Phi) is 4.30. The Morgan fingerprint density at radius 3 is 2.55 bits per heavy atom. The zero-order valence-electron chi connectivity index (χ0n) is 16.9. The van der Waals surface area contributed by atoms with Gasteiger partial charge in [-0.05, 0) is 28.9 Å². The van der Waals surface area contributed by atoms with Crippen LogP contribution in [0.15, 0.2) is 47.6 Å². The van der Waals surface area contributed by atoms with E-state index in [0.717, 1.165) is 22.0 Å². The van der Waals surface area contributed by atoms with E-state index in [1.807, 2.05) is 63.2 Å². The van der Waals surface area contributed by atoms with Crippen LogP contribution in [0.4, 0.5) is 5.69 Å². The molecule has 0 amide bonds. The monoisotopic (exact) mass is 389 g/mol. The smallest absolute Gasteiger partial charge is 0.201 e. The zero-order chi connectivity index (χ0) is 20.9. The number of benzene rings is 2. The molecule has 0 atom stereocenters. The van der Waals surface area contributed by atoms with Gasteiger partial charge in [0.05, 0.1) is 16.8 Å². The number of aromatic amines is 1. The second-order valence-corrected chi connectivity index (χ2v) is 8.44. The fourth-order valence-electron chi connectivity index (χ4n) is 3.69. The number of nitrogens with zero attached hydrogens (tertiary/aromatic N) is 2. The molecule has 2 aromatic heterocycles. The van der Waals surface area contributed by atoms with Crippen molar-refractivity contribution < 1.29 is 9.90 Å². The summed E-state index contributed by atoms with van der Waals surface area (Å²) in [4.78, 5) is 27.4. The Hall–Kier alpha value is -3.41. The standard InChI is InChI=1S/C23H23N3O3/c1-23(2,3)18(27)12-13-9-10-17-15(11-13)19(22(28)26(17)4)21-20(25-29)14-7-5-6-8-16(14)24-21/h5-11,24,28H,12H2,1-4H3. The molecule has 0 saturated carbocycles. The highest BCUT2D eigenvalue weighted by Gasteiger charge is 2.25. The van der Waals surface area contributed by atoms with Crippen molar-refractivity contribution in [2.24, 2.45) is 17.6 Å². The molecule has 0 aliphatic rings. The first-order chi connectivity index (χ1) is 13.7. The van der Waals surface area contributed by atoms with E-state index in [0.29, 0.717) is 23.1 Å². The number of fused-ring (bicyclic) bond motifs is 2. The molecule has 2 heterocycles. The molecular formula is C23H23N3O3. The van der Waals surface area contributed by atoms with Gasteiger partial charge in [-0.25, -0.2) is 0 Å². The first-order valence-electron chi connectivity index (χ1n) is 9.50. The summed E-state index contributed by atoms with van der Waals surface area (Å²) >= 11 is 0. The van der Waals surface area contributed by atoms with Gasteiger partial charge in [0.15, 0.2) is 0 Å². The molecule has 2 aromatic carbocycles. The number of hydrogen-bond donors (Lipinski definition) is 2. The van der Waals surface area contributed by atoms with Crippen LogP contribution < -0.4 is 0 Å².